The zero-order valence-corrected chi connectivity index (χ0v) is 25.4. The summed E-state index contributed by atoms with van der Waals surface area (Å²) < 4.78 is 15.7. The van der Waals surface area contributed by atoms with Crippen LogP contribution in [-0.4, -0.2) is 162 Å². The van der Waals surface area contributed by atoms with E-state index in [0.717, 1.165) is 0 Å². The number of aliphatic hydroxyl groups is 10. The molecule has 2 aliphatic heterocycles. The maximum Gasteiger partial charge on any atom is 0.172 e. The van der Waals surface area contributed by atoms with Crippen molar-refractivity contribution in [2.24, 2.45) is 29.0 Å². The van der Waals surface area contributed by atoms with Gasteiger partial charge in [-0.2, -0.15) is 0 Å². The molecule has 0 spiro atoms. The molecule has 0 saturated carbocycles. The van der Waals surface area contributed by atoms with E-state index in [9.17, 15) is 30.6 Å². The van der Waals surface area contributed by atoms with Crippen molar-refractivity contribution in [3.05, 3.63) is 0 Å². The predicted octanol–water partition coefficient (Wildman–Crippen LogP) is -5.33. The molecule has 0 aliphatic carbocycles. The predicted molar refractivity (Wildman–Crippen MR) is 150 cm³/mol. The number of nitrogens with two attached hydrogens (primary N) is 3. The van der Waals surface area contributed by atoms with Crippen LogP contribution in [0.15, 0.2) is 0 Å². The van der Waals surface area contributed by atoms with E-state index in [1.54, 1.807) is 6.92 Å². The Labute approximate surface area is 247 Å². The molecule has 2 aliphatic rings. The third-order valence-corrected chi connectivity index (χ3v) is 7.19. The molecule has 2 heterocycles. The lowest BCUT2D eigenvalue weighted by atomic mass is 9.88. The van der Waals surface area contributed by atoms with E-state index in [2.05, 4.69) is 0 Å². The van der Waals surface area contributed by atoms with Gasteiger partial charge in [-0.05, 0) is 25.7 Å². The molecular weight excluding hydrogens is 562 g/mol. The maximum atomic E-state index is 9.60. The summed E-state index contributed by atoms with van der Waals surface area (Å²) in [4.78, 5) is 0. The minimum absolute atomic E-state index is 0.140. The van der Waals surface area contributed by atoms with Gasteiger partial charge in [-0.15, -0.1) is 0 Å². The Bertz CT molecular complexity index is 666. The van der Waals surface area contributed by atoms with Crippen LogP contribution in [0.4, 0.5) is 0 Å². The van der Waals surface area contributed by atoms with Crippen LogP contribution in [0.5, 0.6) is 0 Å². The first kappa shape index (κ1) is 41.4. The molecule has 2 fully saturated rings. The van der Waals surface area contributed by atoms with Gasteiger partial charge < -0.3 is 82.5 Å². The quantitative estimate of drug-likeness (QED) is 0.102. The van der Waals surface area contributed by atoms with Gasteiger partial charge in [-0.3, -0.25) is 0 Å². The van der Waals surface area contributed by atoms with Gasteiger partial charge in [0, 0.05) is 0 Å². The minimum Gasteiger partial charge on any atom is -0.394 e. The fourth-order valence-electron chi connectivity index (χ4n) is 4.40. The van der Waals surface area contributed by atoms with E-state index in [-0.39, 0.29) is 43.9 Å². The number of hydrogen-bond donors (Lipinski definition) is 13. The van der Waals surface area contributed by atoms with E-state index in [4.69, 9.17) is 51.8 Å². The standard InChI is InChI=1S/2C9H19NO4.C8H19NO5/c2*1-4(2)9-6(10)8(13)7(12)5(3-11)14-9;1-4(3-10)14-8(13)6(9)7(12)5(2)11/h2*4-9,11-13H,3,10H2,1-2H3;4-8,10-13H,3,9H2,1-2H3. The summed E-state index contributed by atoms with van der Waals surface area (Å²) in [6.45, 7) is 9.70. The average Bonchev–Trinajstić information content (AvgIpc) is 2.94. The largest absolute Gasteiger partial charge is 0.394 e. The normalized spacial score (nSPS) is 37.1. The van der Waals surface area contributed by atoms with Gasteiger partial charge in [0.25, 0.3) is 0 Å². The van der Waals surface area contributed by atoms with Crippen LogP contribution in [0.25, 0.3) is 0 Å². The third-order valence-electron chi connectivity index (χ3n) is 7.19. The molecule has 16 N–H and O–H groups in total. The molecular formula is C26H57N3O13. The fraction of sp³-hybridized carbons (Fsp3) is 1.00. The summed E-state index contributed by atoms with van der Waals surface area (Å²) in [7, 11) is 0. The van der Waals surface area contributed by atoms with E-state index in [1.807, 2.05) is 27.7 Å². The van der Waals surface area contributed by atoms with Crippen molar-refractivity contribution in [2.45, 2.75) is 133 Å². The summed E-state index contributed by atoms with van der Waals surface area (Å²) in [5.74, 6) is 0.280. The zero-order valence-electron chi connectivity index (χ0n) is 25.4. The third kappa shape index (κ3) is 12.0. The van der Waals surface area contributed by atoms with Crippen LogP contribution in [0.1, 0.15) is 41.5 Å². The van der Waals surface area contributed by atoms with Crippen molar-refractivity contribution in [3.8, 4) is 0 Å². The highest BCUT2D eigenvalue weighted by Crippen LogP contribution is 2.25. The lowest BCUT2D eigenvalue weighted by Crippen LogP contribution is -2.63. The maximum absolute atomic E-state index is 9.60. The van der Waals surface area contributed by atoms with Crippen LogP contribution in [0, 0.1) is 11.8 Å². The highest BCUT2D eigenvalue weighted by atomic mass is 16.6. The summed E-state index contributed by atoms with van der Waals surface area (Å²) in [5, 5.41) is 92.2. The Balaban J connectivity index is 0.000000600. The number of aliphatic hydroxyl groups excluding tert-OH is 10. The van der Waals surface area contributed by atoms with E-state index < -0.39 is 79.4 Å². The molecule has 16 heteroatoms. The number of hydrogen-bond acceptors (Lipinski definition) is 16. The Morgan fingerprint density at radius 1 is 0.667 bits per heavy atom. The molecule has 2 saturated heterocycles. The van der Waals surface area contributed by atoms with Gasteiger partial charge >= 0.3 is 0 Å². The van der Waals surface area contributed by atoms with Crippen molar-refractivity contribution in [2.75, 3.05) is 19.8 Å². The van der Waals surface area contributed by atoms with Gasteiger partial charge in [0.05, 0.1) is 68.5 Å². The molecule has 42 heavy (non-hydrogen) atoms. The molecule has 15 unspecified atom stereocenters. The van der Waals surface area contributed by atoms with Crippen molar-refractivity contribution in [1.29, 1.82) is 0 Å². The highest BCUT2D eigenvalue weighted by Gasteiger charge is 2.44. The molecule has 15 atom stereocenters. The number of ether oxygens (including phenoxy) is 3. The molecule has 0 aromatic carbocycles. The number of rotatable bonds is 10. The van der Waals surface area contributed by atoms with Crippen LogP contribution in [-0.2, 0) is 14.2 Å². The zero-order chi connectivity index (χ0) is 33.1. The van der Waals surface area contributed by atoms with Gasteiger partial charge in [0.1, 0.15) is 36.6 Å². The second-order valence-electron chi connectivity index (χ2n) is 11.6. The highest BCUT2D eigenvalue weighted by molar-refractivity contribution is 4.96. The van der Waals surface area contributed by atoms with Crippen LogP contribution in [0.2, 0.25) is 0 Å². The molecule has 2 rings (SSSR count). The van der Waals surface area contributed by atoms with Gasteiger partial charge in [0.2, 0.25) is 0 Å². The molecule has 0 aromatic heterocycles. The molecule has 0 radical (unpaired) electrons. The minimum atomic E-state index is -1.42. The lowest BCUT2D eigenvalue weighted by molar-refractivity contribution is -0.198. The molecule has 0 amide bonds. The fourth-order valence-corrected chi connectivity index (χ4v) is 4.40. The monoisotopic (exact) mass is 619 g/mol. The topological polar surface area (TPSA) is 308 Å². The van der Waals surface area contributed by atoms with Crippen LogP contribution < -0.4 is 17.2 Å². The van der Waals surface area contributed by atoms with E-state index in [1.165, 1.54) is 6.92 Å². The lowest BCUT2D eigenvalue weighted by Gasteiger charge is -2.42. The first-order chi connectivity index (χ1) is 19.4. The van der Waals surface area contributed by atoms with Gasteiger partial charge in [-0.1, -0.05) is 27.7 Å². The van der Waals surface area contributed by atoms with Crippen molar-refractivity contribution >= 4 is 0 Å². The van der Waals surface area contributed by atoms with E-state index in [0.29, 0.717) is 0 Å². The first-order valence-electron chi connectivity index (χ1n) is 14.2. The van der Waals surface area contributed by atoms with E-state index >= 15 is 0 Å². The smallest absolute Gasteiger partial charge is 0.172 e. The molecule has 0 bridgehead atoms. The second-order valence-corrected chi connectivity index (χ2v) is 11.6. The van der Waals surface area contributed by atoms with Crippen molar-refractivity contribution in [3.63, 3.8) is 0 Å². The molecule has 16 nitrogen and oxygen atoms in total. The van der Waals surface area contributed by atoms with Crippen molar-refractivity contribution < 1.29 is 65.3 Å². The summed E-state index contributed by atoms with van der Waals surface area (Å²) in [6, 6.07) is -2.32. The average molecular weight is 620 g/mol. The molecule has 254 valence electrons. The van der Waals surface area contributed by atoms with Crippen LogP contribution >= 0.6 is 0 Å². The summed E-state index contributed by atoms with van der Waals surface area (Å²) >= 11 is 0. The van der Waals surface area contributed by atoms with Crippen LogP contribution in [0.3, 0.4) is 0 Å². The summed E-state index contributed by atoms with van der Waals surface area (Å²) in [6.07, 6.45) is -10.7. The summed E-state index contributed by atoms with van der Waals surface area (Å²) in [5.41, 5.74) is 16.8. The Hall–Kier alpha value is -0.640. The Morgan fingerprint density at radius 2 is 1.02 bits per heavy atom. The second kappa shape index (κ2) is 19.7. The Kier molecular flexibility index (Phi) is 19.4. The van der Waals surface area contributed by atoms with Crippen molar-refractivity contribution in [1.82, 2.24) is 0 Å². The first-order valence-corrected chi connectivity index (χ1v) is 14.2. The van der Waals surface area contributed by atoms with Gasteiger partial charge in [0.15, 0.2) is 6.29 Å². The SMILES string of the molecule is CC(C)C1OC(CO)C(O)C(O)C1N.CC(C)C1OC(CO)C(O)C(O)C1N.CC(CO)OC(O)C(N)C(O)C(C)O. The Morgan fingerprint density at radius 3 is 1.29 bits per heavy atom. The molecule has 0 aromatic rings. The van der Waals surface area contributed by atoms with Gasteiger partial charge in [-0.25, -0.2) is 0 Å².